The number of ether oxygens (including phenoxy) is 1. The van der Waals surface area contributed by atoms with Crippen LogP contribution in [0.25, 0.3) is 11.0 Å². The van der Waals surface area contributed by atoms with Gasteiger partial charge in [-0.2, -0.15) is 0 Å². The van der Waals surface area contributed by atoms with Gasteiger partial charge in [0.1, 0.15) is 5.58 Å². The zero-order chi connectivity index (χ0) is 12.6. The number of sulfone groups is 1. The summed E-state index contributed by atoms with van der Waals surface area (Å²) < 4.78 is 32.4. The van der Waals surface area contributed by atoms with Crippen LogP contribution in [-0.4, -0.2) is 27.8 Å². The molecule has 6 heteroatoms. The molecule has 0 amide bonds. The Morgan fingerprint density at radius 3 is 2.59 bits per heavy atom. The number of carbonyl (C=O) groups is 1. The Kier molecular flexibility index (Phi) is 2.66. The number of furan rings is 1. The lowest BCUT2D eigenvalue weighted by Crippen LogP contribution is -1.97. The summed E-state index contributed by atoms with van der Waals surface area (Å²) >= 11 is 0. The molecule has 0 saturated carbocycles. The Bertz CT molecular complexity index is 681. The van der Waals surface area contributed by atoms with Crippen LogP contribution in [-0.2, 0) is 14.6 Å². The summed E-state index contributed by atoms with van der Waals surface area (Å²) in [4.78, 5) is 11.4. The molecule has 5 nitrogen and oxygen atoms in total. The van der Waals surface area contributed by atoms with Crippen LogP contribution in [0, 0.1) is 0 Å². The summed E-state index contributed by atoms with van der Waals surface area (Å²) in [7, 11) is -2.02. The molecule has 1 aromatic heterocycles. The molecule has 0 aliphatic carbocycles. The fraction of sp³-hybridized carbons (Fsp3) is 0.182. The molecule has 2 aromatic rings. The van der Waals surface area contributed by atoms with Crippen molar-refractivity contribution in [2.75, 3.05) is 13.4 Å². The van der Waals surface area contributed by atoms with E-state index in [0.29, 0.717) is 11.0 Å². The lowest BCUT2D eigenvalue weighted by Gasteiger charge is -1.96. The lowest BCUT2D eigenvalue weighted by atomic mass is 10.2. The number of benzene rings is 1. The lowest BCUT2D eigenvalue weighted by molar-refractivity contribution is 0.0567. The predicted molar refractivity (Wildman–Crippen MR) is 60.7 cm³/mol. The van der Waals surface area contributed by atoms with Gasteiger partial charge in [-0.15, -0.1) is 0 Å². The molecule has 90 valence electrons. The Morgan fingerprint density at radius 2 is 2.00 bits per heavy atom. The van der Waals surface area contributed by atoms with E-state index < -0.39 is 15.8 Å². The van der Waals surface area contributed by atoms with Gasteiger partial charge in [0.05, 0.1) is 12.0 Å². The van der Waals surface area contributed by atoms with Gasteiger partial charge in [0.15, 0.2) is 9.84 Å². The Balaban J connectivity index is 2.60. The van der Waals surface area contributed by atoms with Gasteiger partial charge in [-0.05, 0) is 24.3 Å². The maximum absolute atomic E-state index is 11.4. The Hall–Kier alpha value is -1.82. The van der Waals surface area contributed by atoms with E-state index in [1.807, 2.05) is 0 Å². The van der Waals surface area contributed by atoms with Gasteiger partial charge >= 0.3 is 5.97 Å². The van der Waals surface area contributed by atoms with Gasteiger partial charge in [0, 0.05) is 11.6 Å². The van der Waals surface area contributed by atoms with Crippen LogP contribution >= 0.6 is 0 Å². The molecule has 0 spiro atoms. The molecular formula is C11H10O5S. The highest BCUT2D eigenvalue weighted by Crippen LogP contribution is 2.23. The summed E-state index contributed by atoms with van der Waals surface area (Å²) in [6.45, 7) is 0. The SMILES string of the molecule is COC(=O)c1cc2cc(S(C)(=O)=O)ccc2o1. The number of rotatable bonds is 2. The fourth-order valence-corrected chi connectivity index (χ4v) is 2.11. The molecule has 0 unspecified atom stereocenters. The first-order chi connectivity index (χ1) is 7.91. The summed E-state index contributed by atoms with van der Waals surface area (Å²) in [5.74, 6) is -0.546. The number of esters is 1. The van der Waals surface area contributed by atoms with E-state index in [0.717, 1.165) is 6.26 Å². The third-order valence-corrected chi connectivity index (χ3v) is 3.41. The largest absolute Gasteiger partial charge is 0.463 e. The molecule has 0 aliphatic rings. The van der Waals surface area contributed by atoms with Crippen molar-refractivity contribution in [3.63, 3.8) is 0 Å². The van der Waals surface area contributed by atoms with E-state index in [-0.39, 0.29) is 10.7 Å². The third-order valence-electron chi connectivity index (χ3n) is 2.30. The molecule has 2 rings (SSSR count). The van der Waals surface area contributed by atoms with E-state index in [1.54, 1.807) is 0 Å². The average Bonchev–Trinajstić information content (AvgIpc) is 2.69. The van der Waals surface area contributed by atoms with Crippen LogP contribution < -0.4 is 0 Å². The van der Waals surface area contributed by atoms with Crippen molar-refractivity contribution in [2.24, 2.45) is 0 Å². The van der Waals surface area contributed by atoms with Crippen molar-refractivity contribution >= 4 is 26.8 Å². The normalized spacial score (nSPS) is 11.6. The Labute approximate surface area is 97.9 Å². The van der Waals surface area contributed by atoms with Crippen molar-refractivity contribution in [3.05, 3.63) is 30.0 Å². The molecule has 0 atom stereocenters. The molecule has 0 fully saturated rings. The second kappa shape index (κ2) is 3.89. The van der Waals surface area contributed by atoms with Crippen molar-refractivity contribution in [1.29, 1.82) is 0 Å². The zero-order valence-corrected chi connectivity index (χ0v) is 10.1. The molecule has 17 heavy (non-hydrogen) atoms. The molecule has 0 aliphatic heterocycles. The first-order valence-electron chi connectivity index (χ1n) is 4.74. The first kappa shape index (κ1) is 11.7. The molecule has 0 bridgehead atoms. The van der Waals surface area contributed by atoms with E-state index in [4.69, 9.17) is 4.42 Å². The van der Waals surface area contributed by atoms with Crippen LogP contribution in [0.3, 0.4) is 0 Å². The first-order valence-corrected chi connectivity index (χ1v) is 6.63. The molecule has 0 N–H and O–H groups in total. The van der Waals surface area contributed by atoms with Gasteiger partial charge in [-0.3, -0.25) is 0 Å². The molecule has 1 aromatic carbocycles. The standard InChI is InChI=1S/C11H10O5S/c1-15-11(12)10-6-7-5-8(17(2,13)14)3-4-9(7)16-10/h3-6H,1-2H3. The highest BCUT2D eigenvalue weighted by Gasteiger charge is 2.14. The monoisotopic (exact) mass is 254 g/mol. The van der Waals surface area contributed by atoms with Crippen molar-refractivity contribution < 1.29 is 22.4 Å². The molecule has 1 heterocycles. The van der Waals surface area contributed by atoms with Crippen molar-refractivity contribution in [2.45, 2.75) is 4.90 Å². The summed E-state index contributed by atoms with van der Waals surface area (Å²) in [5, 5.41) is 0.549. The minimum atomic E-state index is -3.27. The number of fused-ring (bicyclic) bond motifs is 1. The van der Waals surface area contributed by atoms with Crippen LogP contribution in [0.2, 0.25) is 0 Å². The summed E-state index contributed by atoms with van der Waals surface area (Å²) in [5.41, 5.74) is 0.442. The second-order valence-corrected chi connectivity index (χ2v) is 5.59. The maximum Gasteiger partial charge on any atom is 0.373 e. The van der Waals surface area contributed by atoms with Crippen LogP contribution in [0.15, 0.2) is 33.6 Å². The minimum absolute atomic E-state index is 0.0492. The van der Waals surface area contributed by atoms with Gasteiger partial charge in [0.25, 0.3) is 0 Å². The molecular weight excluding hydrogens is 244 g/mol. The van der Waals surface area contributed by atoms with Crippen LogP contribution in [0.1, 0.15) is 10.6 Å². The number of carbonyl (C=O) groups excluding carboxylic acids is 1. The number of hydrogen-bond donors (Lipinski definition) is 0. The van der Waals surface area contributed by atoms with Crippen molar-refractivity contribution in [3.8, 4) is 0 Å². The maximum atomic E-state index is 11.4. The van der Waals surface area contributed by atoms with E-state index in [2.05, 4.69) is 4.74 Å². The molecule has 0 saturated heterocycles. The zero-order valence-electron chi connectivity index (χ0n) is 9.26. The van der Waals surface area contributed by atoms with Gasteiger partial charge in [0.2, 0.25) is 5.76 Å². The van der Waals surface area contributed by atoms with E-state index in [1.165, 1.54) is 31.4 Å². The van der Waals surface area contributed by atoms with Gasteiger partial charge < -0.3 is 9.15 Å². The highest BCUT2D eigenvalue weighted by atomic mass is 32.2. The summed E-state index contributed by atoms with van der Waals surface area (Å²) in [6.07, 6.45) is 1.12. The molecule has 0 radical (unpaired) electrons. The number of methoxy groups -OCH3 is 1. The minimum Gasteiger partial charge on any atom is -0.463 e. The van der Waals surface area contributed by atoms with Crippen LogP contribution in [0.4, 0.5) is 0 Å². The van der Waals surface area contributed by atoms with Gasteiger partial charge in [-0.1, -0.05) is 0 Å². The van der Waals surface area contributed by atoms with E-state index >= 15 is 0 Å². The Morgan fingerprint density at radius 1 is 1.29 bits per heavy atom. The highest BCUT2D eigenvalue weighted by molar-refractivity contribution is 7.90. The quantitative estimate of drug-likeness (QED) is 0.761. The van der Waals surface area contributed by atoms with Crippen molar-refractivity contribution in [1.82, 2.24) is 0 Å². The van der Waals surface area contributed by atoms with Gasteiger partial charge in [-0.25, -0.2) is 13.2 Å². The number of hydrogen-bond acceptors (Lipinski definition) is 5. The summed E-state index contributed by atoms with van der Waals surface area (Å²) in [6, 6.07) is 5.86. The van der Waals surface area contributed by atoms with Crippen LogP contribution in [0.5, 0.6) is 0 Å². The predicted octanol–water partition coefficient (Wildman–Crippen LogP) is 1.62. The third kappa shape index (κ3) is 2.16. The smallest absolute Gasteiger partial charge is 0.373 e. The van der Waals surface area contributed by atoms with E-state index in [9.17, 15) is 13.2 Å². The average molecular weight is 254 g/mol. The topological polar surface area (TPSA) is 73.6 Å². The second-order valence-electron chi connectivity index (χ2n) is 3.57. The fourth-order valence-electron chi connectivity index (χ4n) is 1.45.